The maximum atomic E-state index is 12.5. The van der Waals surface area contributed by atoms with Gasteiger partial charge in [-0.25, -0.2) is 4.98 Å². The van der Waals surface area contributed by atoms with Gasteiger partial charge >= 0.3 is 6.18 Å². The van der Waals surface area contributed by atoms with Crippen LogP contribution in [0, 0.1) is 0 Å². The van der Waals surface area contributed by atoms with Gasteiger partial charge in [0.25, 0.3) is 0 Å². The lowest BCUT2D eigenvalue weighted by atomic mass is 10.0. The van der Waals surface area contributed by atoms with E-state index in [2.05, 4.69) is 10.3 Å². The van der Waals surface area contributed by atoms with Crippen molar-refractivity contribution in [2.75, 3.05) is 17.1 Å². The third-order valence-corrected chi connectivity index (χ3v) is 4.05. The van der Waals surface area contributed by atoms with Crippen molar-refractivity contribution in [3.8, 4) is 0 Å². The van der Waals surface area contributed by atoms with E-state index in [0.29, 0.717) is 6.42 Å². The Kier molecular flexibility index (Phi) is 5.59. The number of hydrogen-bond acceptors (Lipinski definition) is 2. The molecule has 0 atom stereocenters. The van der Waals surface area contributed by atoms with Crippen LogP contribution < -0.4 is 5.32 Å². The highest BCUT2D eigenvalue weighted by molar-refractivity contribution is 6.33. The number of anilines is 1. The first-order chi connectivity index (χ1) is 8.78. The minimum absolute atomic E-state index is 0.122. The van der Waals surface area contributed by atoms with Gasteiger partial charge in [-0.1, -0.05) is 18.5 Å². The summed E-state index contributed by atoms with van der Waals surface area (Å²) in [5.41, 5.74) is -1.55. The van der Waals surface area contributed by atoms with Crippen molar-refractivity contribution >= 4 is 40.6 Å². The molecule has 19 heavy (non-hydrogen) atoms. The van der Waals surface area contributed by atoms with Gasteiger partial charge in [-0.15, -0.1) is 23.2 Å². The summed E-state index contributed by atoms with van der Waals surface area (Å²) in [6.07, 6.45) is -3.17. The molecule has 0 unspecified atom stereocenters. The molecule has 0 aliphatic carbocycles. The van der Waals surface area contributed by atoms with E-state index < -0.39 is 17.3 Å². The van der Waals surface area contributed by atoms with E-state index in [4.69, 9.17) is 34.8 Å². The average molecular weight is 336 g/mol. The fraction of sp³-hybridized carbons (Fsp3) is 0.545. The molecule has 0 fully saturated rings. The first kappa shape index (κ1) is 16.7. The molecule has 108 valence electrons. The SMILES string of the molecule is CCC(CCl)(CCl)Nc1ncc(C(F)(F)F)cc1Cl. The molecule has 1 aromatic rings. The number of nitrogens with zero attached hydrogens (tertiary/aromatic N) is 1. The van der Waals surface area contributed by atoms with Crippen LogP contribution in [0.25, 0.3) is 0 Å². The Hall–Kier alpha value is -0.390. The van der Waals surface area contributed by atoms with Crippen molar-refractivity contribution in [1.82, 2.24) is 4.98 Å². The molecule has 0 aromatic carbocycles. The highest BCUT2D eigenvalue weighted by atomic mass is 35.5. The van der Waals surface area contributed by atoms with E-state index in [1.165, 1.54) is 0 Å². The highest BCUT2D eigenvalue weighted by Gasteiger charge is 2.33. The first-order valence-electron chi connectivity index (χ1n) is 5.41. The number of aromatic nitrogens is 1. The van der Waals surface area contributed by atoms with Gasteiger partial charge in [0.15, 0.2) is 0 Å². The molecule has 1 N–H and O–H groups in total. The fourth-order valence-electron chi connectivity index (χ4n) is 1.32. The molecule has 0 amide bonds. The summed E-state index contributed by atoms with van der Waals surface area (Å²) in [7, 11) is 0. The summed E-state index contributed by atoms with van der Waals surface area (Å²) >= 11 is 17.5. The molecule has 0 aliphatic heterocycles. The van der Waals surface area contributed by atoms with E-state index >= 15 is 0 Å². The van der Waals surface area contributed by atoms with Crippen molar-refractivity contribution in [3.63, 3.8) is 0 Å². The Morgan fingerprint density at radius 1 is 1.26 bits per heavy atom. The van der Waals surface area contributed by atoms with Crippen molar-refractivity contribution in [2.45, 2.75) is 25.1 Å². The maximum absolute atomic E-state index is 12.5. The van der Waals surface area contributed by atoms with E-state index in [0.717, 1.165) is 12.3 Å². The summed E-state index contributed by atoms with van der Waals surface area (Å²) in [5, 5.41) is 2.79. The predicted octanol–water partition coefficient (Wildman–Crippen LogP) is 4.79. The molecule has 0 spiro atoms. The number of rotatable bonds is 5. The number of pyridine rings is 1. The summed E-state index contributed by atoms with van der Waals surface area (Å²) in [4.78, 5) is 3.69. The van der Waals surface area contributed by atoms with E-state index in [1.807, 2.05) is 6.92 Å². The van der Waals surface area contributed by atoms with Gasteiger partial charge < -0.3 is 5.32 Å². The Morgan fingerprint density at radius 2 is 1.84 bits per heavy atom. The Bertz CT molecular complexity index is 425. The van der Waals surface area contributed by atoms with Gasteiger partial charge in [-0.05, 0) is 12.5 Å². The molecule has 1 aromatic heterocycles. The van der Waals surface area contributed by atoms with E-state index in [1.54, 1.807) is 0 Å². The molecule has 1 rings (SSSR count). The maximum Gasteiger partial charge on any atom is 0.417 e. The van der Waals surface area contributed by atoms with Gasteiger partial charge in [-0.3, -0.25) is 0 Å². The number of halogens is 6. The van der Waals surface area contributed by atoms with Crippen molar-refractivity contribution < 1.29 is 13.2 Å². The largest absolute Gasteiger partial charge is 0.417 e. The molecule has 0 bridgehead atoms. The van der Waals surface area contributed by atoms with Gasteiger partial charge in [0, 0.05) is 18.0 Å². The van der Waals surface area contributed by atoms with Crippen LogP contribution in [0.1, 0.15) is 18.9 Å². The highest BCUT2D eigenvalue weighted by Crippen LogP contribution is 2.33. The standard InChI is InChI=1S/C11H12Cl3F3N2/c1-2-10(5-12,6-13)19-9-8(14)3-7(4-18-9)11(15,16)17/h3-4H,2,5-6H2,1H3,(H,18,19). The monoisotopic (exact) mass is 334 g/mol. The van der Waals surface area contributed by atoms with E-state index in [9.17, 15) is 13.2 Å². The summed E-state index contributed by atoms with van der Waals surface area (Å²) < 4.78 is 37.4. The molecule has 8 heteroatoms. The van der Waals surface area contributed by atoms with Crippen molar-refractivity contribution in [2.24, 2.45) is 0 Å². The zero-order valence-corrected chi connectivity index (χ0v) is 12.3. The third kappa shape index (κ3) is 4.04. The van der Waals surface area contributed by atoms with Gasteiger partial charge in [0.2, 0.25) is 0 Å². The molecule has 0 saturated heterocycles. The van der Waals surface area contributed by atoms with Crippen LogP contribution in [0.2, 0.25) is 5.02 Å². The van der Waals surface area contributed by atoms with Crippen molar-refractivity contribution in [3.05, 3.63) is 22.8 Å². The summed E-state index contributed by atoms with van der Waals surface area (Å²) in [6, 6.07) is 0.819. The van der Waals surface area contributed by atoms with Gasteiger partial charge in [0.05, 0.1) is 16.1 Å². The van der Waals surface area contributed by atoms with Crippen LogP contribution in [0.15, 0.2) is 12.3 Å². The minimum atomic E-state index is -4.48. The predicted molar refractivity (Wildman–Crippen MR) is 72.3 cm³/mol. The summed E-state index contributed by atoms with van der Waals surface area (Å²) in [5.74, 6) is 0.510. The molecule has 0 saturated carbocycles. The summed E-state index contributed by atoms with van der Waals surface area (Å²) in [6.45, 7) is 1.86. The number of nitrogens with one attached hydrogen (secondary N) is 1. The molecule has 0 aliphatic rings. The quantitative estimate of drug-likeness (QED) is 0.782. The van der Waals surface area contributed by atoms with Gasteiger partial charge in [-0.2, -0.15) is 13.2 Å². The Balaban J connectivity index is 3.04. The second-order valence-corrected chi connectivity index (χ2v) is 5.02. The minimum Gasteiger partial charge on any atom is -0.361 e. The Morgan fingerprint density at radius 3 is 2.21 bits per heavy atom. The lowest BCUT2D eigenvalue weighted by molar-refractivity contribution is -0.137. The zero-order valence-electron chi connectivity index (χ0n) is 9.99. The zero-order chi connectivity index (χ0) is 14.7. The van der Waals surface area contributed by atoms with Crippen LogP contribution in [-0.2, 0) is 6.18 Å². The number of hydrogen-bond donors (Lipinski definition) is 1. The second-order valence-electron chi connectivity index (χ2n) is 4.08. The molecule has 0 radical (unpaired) electrons. The van der Waals surface area contributed by atoms with E-state index in [-0.39, 0.29) is 22.6 Å². The second kappa shape index (κ2) is 6.37. The fourth-order valence-corrected chi connectivity index (χ4v) is 2.33. The lowest BCUT2D eigenvalue weighted by Crippen LogP contribution is -2.42. The molecule has 2 nitrogen and oxygen atoms in total. The van der Waals surface area contributed by atoms with Crippen LogP contribution in [-0.4, -0.2) is 22.3 Å². The molecule has 1 heterocycles. The van der Waals surface area contributed by atoms with Crippen LogP contribution in [0.4, 0.5) is 19.0 Å². The van der Waals surface area contributed by atoms with Crippen molar-refractivity contribution in [1.29, 1.82) is 0 Å². The average Bonchev–Trinajstić information content (AvgIpc) is 2.37. The first-order valence-corrected chi connectivity index (χ1v) is 6.85. The lowest BCUT2D eigenvalue weighted by Gasteiger charge is -2.30. The molecular formula is C11H12Cl3F3N2. The van der Waals surface area contributed by atoms with Crippen LogP contribution in [0.5, 0.6) is 0 Å². The topological polar surface area (TPSA) is 24.9 Å². The van der Waals surface area contributed by atoms with Crippen LogP contribution >= 0.6 is 34.8 Å². The smallest absolute Gasteiger partial charge is 0.361 e. The molecular weight excluding hydrogens is 323 g/mol. The third-order valence-electron chi connectivity index (χ3n) is 2.74. The van der Waals surface area contributed by atoms with Gasteiger partial charge in [0.1, 0.15) is 5.82 Å². The number of alkyl halides is 5. The normalized spacial score (nSPS) is 12.6. The van der Waals surface area contributed by atoms with Crippen LogP contribution in [0.3, 0.4) is 0 Å². The Labute approximate surface area is 124 Å².